The van der Waals surface area contributed by atoms with Gasteiger partial charge in [0, 0.05) is 25.9 Å². The third-order valence-corrected chi connectivity index (χ3v) is 6.57. The number of aromatic nitrogens is 1. The van der Waals surface area contributed by atoms with E-state index in [0.29, 0.717) is 31.6 Å². The van der Waals surface area contributed by atoms with Crippen LogP contribution >= 0.6 is 11.3 Å². The number of rotatable bonds is 3. The Morgan fingerprint density at radius 3 is 2.44 bits per heavy atom. The number of sulfonamides is 1. The Bertz CT molecular complexity index is 567. The molecule has 0 atom stereocenters. The van der Waals surface area contributed by atoms with Crippen LogP contribution in [0.25, 0.3) is 0 Å². The molecule has 1 aromatic heterocycles. The molecule has 1 aliphatic rings. The number of piperidine rings is 1. The predicted octanol–water partition coefficient (Wildman–Crippen LogP) is 0.544. The zero-order valence-electron chi connectivity index (χ0n) is 10.3. The lowest BCUT2D eigenvalue weighted by atomic mass is 10.1. The van der Waals surface area contributed by atoms with E-state index in [0.717, 1.165) is 11.3 Å². The molecular formula is C10H16N2O4S2. The molecule has 2 heterocycles. The van der Waals surface area contributed by atoms with Gasteiger partial charge in [0.2, 0.25) is 0 Å². The number of nitrogens with zero attached hydrogens (tertiary/aromatic N) is 1. The van der Waals surface area contributed by atoms with Gasteiger partial charge >= 0.3 is 4.87 Å². The second kappa shape index (κ2) is 5.12. The molecule has 0 unspecified atom stereocenters. The van der Waals surface area contributed by atoms with Crippen molar-refractivity contribution in [2.45, 2.75) is 30.1 Å². The SMILES string of the molecule is COC1CCN(S(=O)(=O)c2sc(=O)[nH]c2C)CC1. The monoisotopic (exact) mass is 292 g/mol. The van der Waals surface area contributed by atoms with Crippen LogP contribution in [0.2, 0.25) is 0 Å². The van der Waals surface area contributed by atoms with Crippen LogP contribution in [0.5, 0.6) is 0 Å². The highest BCUT2D eigenvalue weighted by atomic mass is 32.2. The van der Waals surface area contributed by atoms with Crippen molar-refractivity contribution in [2.75, 3.05) is 20.2 Å². The first-order valence-corrected chi connectivity index (χ1v) is 7.93. The normalized spacial score (nSPS) is 19.2. The number of thiazole rings is 1. The summed E-state index contributed by atoms with van der Waals surface area (Å²) in [4.78, 5) is 13.4. The maximum absolute atomic E-state index is 12.4. The predicted molar refractivity (Wildman–Crippen MR) is 68.5 cm³/mol. The van der Waals surface area contributed by atoms with E-state index in [1.54, 1.807) is 14.0 Å². The number of nitrogens with one attached hydrogen (secondary N) is 1. The van der Waals surface area contributed by atoms with Gasteiger partial charge in [0.1, 0.15) is 0 Å². The van der Waals surface area contributed by atoms with Crippen molar-refractivity contribution in [2.24, 2.45) is 0 Å². The molecule has 1 saturated heterocycles. The molecule has 1 N–H and O–H groups in total. The van der Waals surface area contributed by atoms with E-state index in [1.165, 1.54) is 4.31 Å². The highest BCUT2D eigenvalue weighted by Gasteiger charge is 2.31. The van der Waals surface area contributed by atoms with Crippen molar-refractivity contribution in [3.8, 4) is 0 Å². The van der Waals surface area contributed by atoms with Gasteiger partial charge in [0.05, 0.1) is 6.10 Å². The Morgan fingerprint density at radius 2 is 2.00 bits per heavy atom. The highest BCUT2D eigenvalue weighted by molar-refractivity contribution is 7.91. The minimum Gasteiger partial charge on any atom is -0.381 e. The van der Waals surface area contributed by atoms with E-state index in [-0.39, 0.29) is 15.2 Å². The van der Waals surface area contributed by atoms with Crippen LogP contribution in [0.1, 0.15) is 18.5 Å². The van der Waals surface area contributed by atoms with Crippen molar-refractivity contribution in [3.63, 3.8) is 0 Å². The zero-order chi connectivity index (χ0) is 13.3. The van der Waals surface area contributed by atoms with Crippen molar-refractivity contribution < 1.29 is 13.2 Å². The number of hydrogen-bond donors (Lipinski definition) is 1. The minimum atomic E-state index is -3.54. The molecule has 1 fully saturated rings. The van der Waals surface area contributed by atoms with Gasteiger partial charge in [-0.3, -0.25) is 4.79 Å². The molecule has 6 nitrogen and oxygen atoms in total. The molecule has 0 bridgehead atoms. The van der Waals surface area contributed by atoms with Crippen molar-refractivity contribution in [1.29, 1.82) is 0 Å². The summed E-state index contributed by atoms with van der Waals surface area (Å²) in [5, 5.41) is 0. The summed E-state index contributed by atoms with van der Waals surface area (Å²) in [7, 11) is -1.90. The molecule has 0 aliphatic carbocycles. The Balaban J connectivity index is 2.23. The molecule has 2 rings (SSSR count). The molecule has 0 saturated carbocycles. The van der Waals surface area contributed by atoms with E-state index in [1.807, 2.05) is 0 Å². The smallest absolute Gasteiger partial charge is 0.305 e. The van der Waals surface area contributed by atoms with Crippen LogP contribution in [0.15, 0.2) is 9.00 Å². The minimum absolute atomic E-state index is 0.127. The van der Waals surface area contributed by atoms with Gasteiger partial charge in [-0.1, -0.05) is 11.3 Å². The maximum Gasteiger partial charge on any atom is 0.305 e. The molecule has 18 heavy (non-hydrogen) atoms. The first-order chi connectivity index (χ1) is 8.45. The molecule has 8 heteroatoms. The van der Waals surface area contributed by atoms with Gasteiger partial charge < -0.3 is 9.72 Å². The second-order valence-corrected chi connectivity index (χ2v) is 7.38. The van der Waals surface area contributed by atoms with Crippen molar-refractivity contribution in [1.82, 2.24) is 9.29 Å². The zero-order valence-corrected chi connectivity index (χ0v) is 11.9. The average molecular weight is 292 g/mol. The van der Waals surface area contributed by atoms with Crippen LogP contribution in [0.4, 0.5) is 0 Å². The Hall–Kier alpha value is -0.700. The number of hydrogen-bond acceptors (Lipinski definition) is 5. The Morgan fingerprint density at radius 1 is 1.39 bits per heavy atom. The molecule has 0 spiro atoms. The van der Waals surface area contributed by atoms with Crippen molar-refractivity contribution >= 4 is 21.4 Å². The van der Waals surface area contributed by atoms with Crippen molar-refractivity contribution in [3.05, 3.63) is 15.4 Å². The molecule has 1 aliphatic heterocycles. The lowest BCUT2D eigenvalue weighted by Gasteiger charge is -2.30. The largest absolute Gasteiger partial charge is 0.381 e. The summed E-state index contributed by atoms with van der Waals surface area (Å²) in [5.74, 6) is 0. The first kappa shape index (κ1) is 13.7. The summed E-state index contributed by atoms with van der Waals surface area (Å²) in [5.41, 5.74) is 0.416. The second-order valence-electron chi connectivity index (χ2n) is 4.27. The van der Waals surface area contributed by atoms with Gasteiger partial charge in [0.15, 0.2) is 4.21 Å². The first-order valence-electron chi connectivity index (χ1n) is 5.68. The highest BCUT2D eigenvalue weighted by Crippen LogP contribution is 2.24. The van der Waals surface area contributed by atoms with Crippen LogP contribution < -0.4 is 4.87 Å². The molecule has 1 aromatic rings. The fourth-order valence-corrected chi connectivity index (χ4v) is 4.97. The molecular weight excluding hydrogens is 276 g/mol. The van der Waals surface area contributed by atoms with E-state index in [9.17, 15) is 13.2 Å². The van der Waals surface area contributed by atoms with Gasteiger partial charge in [-0.05, 0) is 19.8 Å². The maximum atomic E-state index is 12.4. The third-order valence-electron chi connectivity index (χ3n) is 3.09. The summed E-state index contributed by atoms with van der Waals surface area (Å²) in [6.45, 7) is 2.48. The lowest BCUT2D eigenvalue weighted by Crippen LogP contribution is -2.40. The Kier molecular flexibility index (Phi) is 3.90. The quantitative estimate of drug-likeness (QED) is 0.882. The van der Waals surface area contributed by atoms with E-state index >= 15 is 0 Å². The Labute approximate surface area is 110 Å². The topological polar surface area (TPSA) is 79.5 Å². The van der Waals surface area contributed by atoms with Crippen LogP contribution in [0.3, 0.4) is 0 Å². The third kappa shape index (κ3) is 2.51. The standard InChI is InChI=1S/C10H16N2O4S2/c1-7-9(17-10(13)11-7)18(14,15)12-5-3-8(16-2)4-6-12/h8H,3-6H2,1-2H3,(H,11,13). The number of ether oxygens (including phenoxy) is 1. The van der Waals surface area contributed by atoms with Gasteiger partial charge in [0.25, 0.3) is 10.0 Å². The number of H-pyrrole nitrogens is 1. The van der Waals surface area contributed by atoms with Gasteiger partial charge in [-0.25, -0.2) is 8.42 Å². The van der Waals surface area contributed by atoms with Crippen LogP contribution in [-0.4, -0.2) is 44.0 Å². The summed E-state index contributed by atoms with van der Waals surface area (Å²) in [6.07, 6.45) is 1.50. The van der Waals surface area contributed by atoms with Gasteiger partial charge in [-0.2, -0.15) is 4.31 Å². The van der Waals surface area contributed by atoms with Crippen LogP contribution in [-0.2, 0) is 14.8 Å². The summed E-state index contributed by atoms with van der Waals surface area (Å²) in [6, 6.07) is 0. The van der Waals surface area contributed by atoms with E-state index in [4.69, 9.17) is 4.74 Å². The fraction of sp³-hybridized carbons (Fsp3) is 0.700. The number of methoxy groups -OCH3 is 1. The van der Waals surface area contributed by atoms with E-state index < -0.39 is 10.0 Å². The van der Waals surface area contributed by atoms with Crippen LogP contribution in [0, 0.1) is 6.92 Å². The summed E-state index contributed by atoms with van der Waals surface area (Å²) < 4.78 is 31.5. The molecule has 0 radical (unpaired) electrons. The number of aryl methyl sites for hydroxylation is 1. The lowest BCUT2D eigenvalue weighted by molar-refractivity contribution is 0.0605. The molecule has 102 valence electrons. The molecule has 0 amide bonds. The number of aromatic amines is 1. The van der Waals surface area contributed by atoms with Gasteiger partial charge in [-0.15, -0.1) is 0 Å². The summed E-state index contributed by atoms with van der Waals surface area (Å²) >= 11 is 0.750. The fourth-order valence-electron chi connectivity index (χ4n) is 2.06. The average Bonchev–Trinajstić information content (AvgIpc) is 2.69. The molecule has 0 aromatic carbocycles. The van der Waals surface area contributed by atoms with E-state index in [2.05, 4.69) is 4.98 Å².